The van der Waals surface area contributed by atoms with Crippen molar-refractivity contribution in [3.63, 3.8) is 0 Å². The molecule has 7 nitrogen and oxygen atoms in total. The fourth-order valence-electron chi connectivity index (χ4n) is 3.81. The number of pyridine rings is 1. The molecule has 1 unspecified atom stereocenters. The summed E-state index contributed by atoms with van der Waals surface area (Å²) in [4.78, 5) is 42.8. The third-order valence-corrected chi connectivity index (χ3v) is 5.15. The summed E-state index contributed by atoms with van der Waals surface area (Å²) in [6.45, 7) is 0.115. The highest BCUT2D eigenvalue weighted by atomic mass is 16.2. The first-order valence-corrected chi connectivity index (χ1v) is 8.99. The third kappa shape index (κ3) is 3.05. The molecule has 2 aromatic rings. The highest BCUT2D eigenvalue weighted by molar-refractivity contribution is 6.09. The Hall–Kier alpha value is -3.22. The number of nitrogens with zero attached hydrogens (tertiary/aromatic N) is 2. The number of benzene rings is 1. The van der Waals surface area contributed by atoms with E-state index in [0.29, 0.717) is 19.4 Å². The van der Waals surface area contributed by atoms with Gasteiger partial charge >= 0.3 is 6.03 Å². The molecule has 4 amide bonds. The Morgan fingerprint density at radius 1 is 1.19 bits per heavy atom. The predicted octanol–water partition coefficient (Wildman–Crippen LogP) is 1.13. The van der Waals surface area contributed by atoms with Gasteiger partial charge in [-0.2, -0.15) is 0 Å². The van der Waals surface area contributed by atoms with Crippen LogP contribution in [-0.2, 0) is 28.0 Å². The van der Waals surface area contributed by atoms with E-state index in [-0.39, 0.29) is 18.4 Å². The Labute approximate surface area is 156 Å². The molecule has 0 radical (unpaired) electrons. The molecule has 1 atom stereocenters. The summed E-state index contributed by atoms with van der Waals surface area (Å²) in [7, 11) is 0. The summed E-state index contributed by atoms with van der Waals surface area (Å²) < 4.78 is 0. The molecule has 1 fully saturated rings. The second-order valence-electron chi connectivity index (χ2n) is 6.80. The van der Waals surface area contributed by atoms with Crippen molar-refractivity contribution in [1.82, 2.24) is 20.5 Å². The zero-order chi connectivity index (χ0) is 18.9. The van der Waals surface area contributed by atoms with Crippen LogP contribution in [0.3, 0.4) is 0 Å². The number of fused-ring (bicyclic) bond motifs is 2. The van der Waals surface area contributed by atoms with Crippen LogP contribution in [0.25, 0.3) is 0 Å². The maximum absolute atomic E-state index is 13.0. The minimum absolute atomic E-state index is 0.281. The van der Waals surface area contributed by atoms with Crippen LogP contribution in [0, 0.1) is 0 Å². The minimum atomic E-state index is -1.03. The highest BCUT2D eigenvalue weighted by Gasteiger charge is 2.55. The highest BCUT2D eigenvalue weighted by Crippen LogP contribution is 2.41. The van der Waals surface area contributed by atoms with Crippen LogP contribution in [0.5, 0.6) is 0 Å². The van der Waals surface area contributed by atoms with Crippen LogP contribution in [-0.4, -0.2) is 40.8 Å². The second-order valence-corrected chi connectivity index (χ2v) is 6.80. The van der Waals surface area contributed by atoms with Crippen molar-refractivity contribution in [3.8, 4) is 0 Å². The molecule has 4 rings (SSSR count). The van der Waals surface area contributed by atoms with Crippen molar-refractivity contribution in [1.29, 1.82) is 0 Å². The van der Waals surface area contributed by atoms with Gasteiger partial charge in [0.05, 0.1) is 0 Å². The number of carbonyl (C=O) groups is 3. The Balaban J connectivity index is 1.39. The van der Waals surface area contributed by atoms with Gasteiger partial charge < -0.3 is 10.6 Å². The standard InChI is InChI=1S/C20H20N4O3/c25-17(22-12-9-15-6-3-4-11-21-15)13-24-18(26)20(23-19(24)27)10-8-14-5-1-2-7-16(14)20/h1-7,11H,8-10,12-13H2,(H,22,25)(H,23,27). The molecule has 1 aliphatic carbocycles. The molecule has 7 heteroatoms. The van der Waals surface area contributed by atoms with E-state index in [1.807, 2.05) is 42.5 Å². The van der Waals surface area contributed by atoms with Crippen LogP contribution < -0.4 is 10.6 Å². The van der Waals surface area contributed by atoms with E-state index in [4.69, 9.17) is 0 Å². The molecule has 0 bridgehead atoms. The van der Waals surface area contributed by atoms with Gasteiger partial charge in [0.25, 0.3) is 5.91 Å². The lowest BCUT2D eigenvalue weighted by Gasteiger charge is -2.22. The molecule has 2 heterocycles. The number of imide groups is 1. The number of hydrogen-bond donors (Lipinski definition) is 2. The maximum Gasteiger partial charge on any atom is 0.325 e. The van der Waals surface area contributed by atoms with Gasteiger partial charge in [-0.3, -0.25) is 19.5 Å². The van der Waals surface area contributed by atoms with Gasteiger partial charge in [0.15, 0.2) is 0 Å². The number of amides is 4. The molecule has 0 saturated carbocycles. The Morgan fingerprint density at radius 2 is 2.00 bits per heavy atom. The lowest BCUT2D eigenvalue weighted by molar-refractivity contribution is -0.135. The number of carbonyl (C=O) groups excluding carboxylic acids is 3. The summed E-state index contributed by atoms with van der Waals surface area (Å²) in [5.41, 5.74) is 1.74. The molecule has 1 aromatic carbocycles. The van der Waals surface area contributed by atoms with Crippen LogP contribution in [0.4, 0.5) is 4.79 Å². The van der Waals surface area contributed by atoms with Crippen molar-refractivity contribution in [3.05, 3.63) is 65.5 Å². The number of aromatic nitrogens is 1. The van der Waals surface area contributed by atoms with E-state index in [9.17, 15) is 14.4 Å². The fourth-order valence-corrected chi connectivity index (χ4v) is 3.81. The summed E-state index contributed by atoms with van der Waals surface area (Å²) in [5.74, 6) is -0.713. The summed E-state index contributed by atoms with van der Waals surface area (Å²) >= 11 is 0. The number of aryl methyl sites for hydroxylation is 1. The SMILES string of the molecule is O=C(CN1C(=O)NC2(CCc3ccccc32)C1=O)NCCc1ccccn1. The van der Waals surface area contributed by atoms with Crippen LogP contribution in [0.15, 0.2) is 48.7 Å². The molecule has 1 aliphatic heterocycles. The summed E-state index contributed by atoms with van der Waals surface area (Å²) in [6.07, 6.45) is 3.54. The smallest absolute Gasteiger partial charge is 0.325 e. The van der Waals surface area contributed by atoms with Gasteiger partial charge in [-0.15, -0.1) is 0 Å². The van der Waals surface area contributed by atoms with E-state index in [1.165, 1.54) is 0 Å². The molecular weight excluding hydrogens is 344 g/mol. The number of hydrogen-bond acceptors (Lipinski definition) is 4. The van der Waals surface area contributed by atoms with Crippen LogP contribution in [0.2, 0.25) is 0 Å². The Morgan fingerprint density at radius 3 is 2.81 bits per heavy atom. The van der Waals surface area contributed by atoms with Gasteiger partial charge in [-0.05, 0) is 36.1 Å². The molecule has 2 aliphatic rings. The third-order valence-electron chi connectivity index (χ3n) is 5.15. The molecule has 1 spiro atoms. The molecule has 1 aromatic heterocycles. The Kier molecular flexibility index (Phi) is 4.35. The first-order chi connectivity index (χ1) is 13.1. The van der Waals surface area contributed by atoms with Crippen molar-refractivity contribution in [2.75, 3.05) is 13.1 Å². The summed E-state index contributed by atoms with van der Waals surface area (Å²) in [6, 6.07) is 12.7. The van der Waals surface area contributed by atoms with Crippen LogP contribution >= 0.6 is 0 Å². The zero-order valence-corrected chi connectivity index (χ0v) is 14.8. The largest absolute Gasteiger partial charge is 0.354 e. The lowest BCUT2D eigenvalue weighted by Crippen LogP contribution is -2.44. The molecular formula is C20H20N4O3. The fraction of sp³-hybridized carbons (Fsp3) is 0.300. The quantitative estimate of drug-likeness (QED) is 0.778. The molecule has 27 heavy (non-hydrogen) atoms. The minimum Gasteiger partial charge on any atom is -0.354 e. The Bertz CT molecular complexity index is 899. The zero-order valence-electron chi connectivity index (χ0n) is 14.8. The number of rotatable bonds is 5. The van der Waals surface area contributed by atoms with Crippen molar-refractivity contribution in [2.45, 2.75) is 24.8 Å². The van der Waals surface area contributed by atoms with E-state index in [2.05, 4.69) is 15.6 Å². The average molecular weight is 364 g/mol. The number of nitrogens with one attached hydrogen (secondary N) is 2. The molecule has 2 N–H and O–H groups in total. The monoisotopic (exact) mass is 364 g/mol. The lowest BCUT2D eigenvalue weighted by atomic mass is 9.92. The van der Waals surface area contributed by atoms with Crippen LogP contribution in [0.1, 0.15) is 23.2 Å². The van der Waals surface area contributed by atoms with E-state index in [0.717, 1.165) is 28.1 Å². The van der Waals surface area contributed by atoms with Gasteiger partial charge in [-0.1, -0.05) is 30.3 Å². The van der Waals surface area contributed by atoms with Crippen molar-refractivity contribution >= 4 is 17.8 Å². The second kappa shape index (κ2) is 6.83. The maximum atomic E-state index is 13.0. The van der Waals surface area contributed by atoms with E-state index in [1.54, 1.807) is 6.20 Å². The first kappa shape index (κ1) is 17.2. The van der Waals surface area contributed by atoms with Crippen molar-refractivity contribution < 1.29 is 14.4 Å². The normalized spacial score (nSPS) is 20.7. The molecule has 138 valence electrons. The predicted molar refractivity (Wildman–Crippen MR) is 97.6 cm³/mol. The van der Waals surface area contributed by atoms with Gasteiger partial charge in [0.1, 0.15) is 12.1 Å². The topological polar surface area (TPSA) is 91.4 Å². The number of urea groups is 1. The van der Waals surface area contributed by atoms with E-state index < -0.39 is 11.6 Å². The van der Waals surface area contributed by atoms with E-state index >= 15 is 0 Å². The van der Waals surface area contributed by atoms with Crippen molar-refractivity contribution in [2.24, 2.45) is 0 Å². The van der Waals surface area contributed by atoms with Gasteiger partial charge in [0.2, 0.25) is 5.91 Å². The summed E-state index contributed by atoms with van der Waals surface area (Å²) in [5, 5.41) is 5.56. The average Bonchev–Trinajstić information content (AvgIpc) is 3.16. The molecule has 1 saturated heterocycles. The van der Waals surface area contributed by atoms with Gasteiger partial charge in [0, 0.05) is 24.9 Å². The van der Waals surface area contributed by atoms with Gasteiger partial charge in [-0.25, -0.2) is 4.79 Å². The first-order valence-electron chi connectivity index (χ1n) is 8.99.